The van der Waals surface area contributed by atoms with E-state index in [2.05, 4.69) is 12.2 Å². The fourth-order valence-electron chi connectivity index (χ4n) is 2.76. The molecule has 1 unspecified atom stereocenters. The monoisotopic (exact) mass is 404 g/mol. The molecular formula is C20H28N4O3S. The highest BCUT2D eigenvalue weighted by Gasteiger charge is 2.23. The van der Waals surface area contributed by atoms with Gasteiger partial charge in [0.2, 0.25) is 10.0 Å². The maximum Gasteiger partial charge on any atom is 0.242 e. The summed E-state index contributed by atoms with van der Waals surface area (Å²) in [6, 6.07) is 13.8. The summed E-state index contributed by atoms with van der Waals surface area (Å²) in [6.07, 6.45) is 1.03. The average molecular weight is 405 g/mol. The Balaban J connectivity index is 1.92. The van der Waals surface area contributed by atoms with Crippen LogP contribution in [0, 0.1) is 5.41 Å². The number of hydrogen-bond donors (Lipinski definition) is 4. The molecule has 0 spiro atoms. The lowest BCUT2D eigenvalue weighted by Gasteiger charge is -2.21. The number of amidine groups is 1. The van der Waals surface area contributed by atoms with Gasteiger partial charge in [0.05, 0.1) is 11.0 Å². The third kappa shape index (κ3) is 5.79. The molecule has 5 N–H and O–H groups in total. The van der Waals surface area contributed by atoms with Crippen molar-refractivity contribution in [3.05, 3.63) is 59.7 Å². The minimum Gasteiger partial charge on any atom is -0.390 e. The largest absolute Gasteiger partial charge is 0.390 e. The van der Waals surface area contributed by atoms with Gasteiger partial charge >= 0.3 is 0 Å². The van der Waals surface area contributed by atoms with Gasteiger partial charge in [-0.05, 0) is 48.4 Å². The molecule has 0 aliphatic rings. The summed E-state index contributed by atoms with van der Waals surface area (Å²) in [5, 5.41) is 20.6. The molecule has 0 heterocycles. The normalized spacial score (nSPS) is 12.7. The summed E-state index contributed by atoms with van der Waals surface area (Å²) in [6.45, 7) is 2.23. The highest BCUT2D eigenvalue weighted by atomic mass is 32.2. The van der Waals surface area contributed by atoms with Crippen LogP contribution in [0.5, 0.6) is 0 Å². The number of nitrogen functional groups attached to an aromatic ring is 1. The number of sulfonamides is 1. The van der Waals surface area contributed by atoms with E-state index in [0.717, 1.165) is 28.4 Å². The molecule has 0 saturated carbocycles. The number of benzene rings is 2. The highest BCUT2D eigenvalue weighted by molar-refractivity contribution is 7.89. The molecule has 0 radical (unpaired) electrons. The molecule has 8 heteroatoms. The molecule has 2 aromatic rings. The summed E-state index contributed by atoms with van der Waals surface area (Å²) in [4.78, 5) is 0.217. The molecule has 2 rings (SSSR count). The first-order valence-corrected chi connectivity index (χ1v) is 10.6. The minimum absolute atomic E-state index is 0.0128. The Hall–Kier alpha value is -2.42. The molecule has 0 bridgehead atoms. The van der Waals surface area contributed by atoms with Crippen molar-refractivity contribution in [1.82, 2.24) is 4.31 Å². The molecule has 0 aromatic heterocycles. The van der Waals surface area contributed by atoms with E-state index in [-0.39, 0.29) is 23.8 Å². The number of rotatable bonds is 10. The zero-order chi connectivity index (χ0) is 20.7. The van der Waals surface area contributed by atoms with Gasteiger partial charge in [0.15, 0.2) is 0 Å². The summed E-state index contributed by atoms with van der Waals surface area (Å²) in [5.74, 6) is -0.0128. The van der Waals surface area contributed by atoms with Crippen LogP contribution in [0.3, 0.4) is 0 Å². The standard InChI is InChI=1S/C20H28N4O3S/c1-3-4-15-5-11-19(12-6-15)28(26,27)24(2)14-18(25)13-23-17-9-7-16(8-10-17)20(21)22/h5-12,18,23,25H,3-4,13-14H2,1-2H3,(H3,21,22). The molecule has 0 saturated heterocycles. The zero-order valence-electron chi connectivity index (χ0n) is 16.2. The van der Waals surface area contributed by atoms with E-state index < -0.39 is 16.1 Å². The van der Waals surface area contributed by atoms with Crippen molar-refractivity contribution in [2.45, 2.75) is 30.8 Å². The molecule has 0 amide bonds. The lowest BCUT2D eigenvalue weighted by molar-refractivity contribution is 0.164. The van der Waals surface area contributed by atoms with Crippen molar-refractivity contribution in [3.8, 4) is 0 Å². The number of nitrogens with two attached hydrogens (primary N) is 1. The third-order valence-corrected chi connectivity index (χ3v) is 6.21. The molecule has 152 valence electrons. The molecule has 0 aliphatic carbocycles. The van der Waals surface area contributed by atoms with Crippen LogP contribution in [0.1, 0.15) is 24.5 Å². The van der Waals surface area contributed by atoms with Crippen LogP contribution >= 0.6 is 0 Å². The smallest absolute Gasteiger partial charge is 0.242 e. The molecule has 1 atom stereocenters. The Labute approximate surface area is 166 Å². The van der Waals surface area contributed by atoms with Gasteiger partial charge in [-0.25, -0.2) is 8.42 Å². The number of likely N-dealkylation sites (N-methyl/N-ethyl adjacent to an activating group) is 1. The van der Waals surface area contributed by atoms with Gasteiger partial charge in [0.25, 0.3) is 0 Å². The zero-order valence-corrected chi connectivity index (χ0v) is 17.0. The minimum atomic E-state index is -3.66. The Morgan fingerprint density at radius 3 is 2.32 bits per heavy atom. The fourth-order valence-corrected chi connectivity index (χ4v) is 3.97. The van der Waals surface area contributed by atoms with Gasteiger partial charge in [-0.1, -0.05) is 25.5 Å². The Morgan fingerprint density at radius 2 is 1.79 bits per heavy atom. The van der Waals surface area contributed by atoms with Gasteiger partial charge in [-0.2, -0.15) is 4.31 Å². The van der Waals surface area contributed by atoms with E-state index >= 15 is 0 Å². The summed E-state index contributed by atoms with van der Waals surface area (Å²) in [5.41, 5.74) is 7.88. The molecule has 0 aliphatic heterocycles. The van der Waals surface area contributed by atoms with Gasteiger partial charge in [0, 0.05) is 31.4 Å². The number of aliphatic hydroxyl groups is 1. The molecular weight excluding hydrogens is 376 g/mol. The molecule has 7 nitrogen and oxygen atoms in total. The highest BCUT2D eigenvalue weighted by Crippen LogP contribution is 2.16. The Bertz CT molecular complexity index is 881. The lowest BCUT2D eigenvalue weighted by atomic mass is 10.1. The van der Waals surface area contributed by atoms with Gasteiger partial charge in [-0.15, -0.1) is 0 Å². The number of hydrogen-bond acceptors (Lipinski definition) is 5. The van der Waals surface area contributed by atoms with E-state index in [1.165, 1.54) is 7.05 Å². The quantitative estimate of drug-likeness (QED) is 0.357. The first-order chi connectivity index (χ1) is 13.2. The topological polar surface area (TPSA) is 120 Å². The number of nitrogens with zero attached hydrogens (tertiary/aromatic N) is 1. The summed E-state index contributed by atoms with van der Waals surface area (Å²) >= 11 is 0. The van der Waals surface area contributed by atoms with Gasteiger partial charge < -0.3 is 16.2 Å². The fraction of sp³-hybridized carbons (Fsp3) is 0.350. The van der Waals surface area contributed by atoms with Crippen molar-refractivity contribution in [1.29, 1.82) is 5.41 Å². The number of aryl methyl sites for hydroxylation is 1. The number of aliphatic hydroxyl groups excluding tert-OH is 1. The summed E-state index contributed by atoms with van der Waals surface area (Å²) in [7, 11) is -2.20. The first-order valence-electron chi connectivity index (χ1n) is 9.15. The number of nitrogens with one attached hydrogen (secondary N) is 2. The summed E-state index contributed by atoms with van der Waals surface area (Å²) < 4.78 is 26.5. The maximum absolute atomic E-state index is 12.7. The van der Waals surface area contributed by atoms with Crippen molar-refractivity contribution < 1.29 is 13.5 Å². The second-order valence-electron chi connectivity index (χ2n) is 6.71. The van der Waals surface area contributed by atoms with Crippen LogP contribution in [0.2, 0.25) is 0 Å². The van der Waals surface area contributed by atoms with E-state index in [1.807, 2.05) is 12.1 Å². The lowest BCUT2D eigenvalue weighted by Crippen LogP contribution is -2.37. The van der Waals surface area contributed by atoms with Crippen molar-refractivity contribution in [2.75, 3.05) is 25.5 Å². The van der Waals surface area contributed by atoms with Gasteiger partial charge in [0.1, 0.15) is 5.84 Å². The van der Waals surface area contributed by atoms with E-state index in [1.54, 1.807) is 36.4 Å². The molecule has 2 aromatic carbocycles. The van der Waals surface area contributed by atoms with E-state index in [0.29, 0.717) is 5.56 Å². The van der Waals surface area contributed by atoms with E-state index in [4.69, 9.17) is 11.1 Å². The van der Waals surface area contributed by atoms with Crippen LogP contribution in [0.4, 0.5) is 5.69 Å². The SMILES string of the molecule is CCCc1ccc(S(=O)(=O)N(C)CC(O)CNc2ccc(C(=N)N)cc2)cc1. The maximum atomic E-state index is 12.7. The Kier molecular flexibility index (Phi) is 7.56. The molecule has 28 heavy (non-hydrogen) atoms. The third-order valence-electron chi connectivity index (χ3n) is 4.38. The van der Waals surface area contributed by atoms with Crippen molar-refractivity contribution >= 4 is 21.5 Å². The van der Waals surface area contributed by atoms with E-state index in [9.17, 15) is 13.5 Å². The van der Waals surface area contributed by atoms with Crippen LogP contribution in [-0.2, 0) is 16.4 Å². The number of anilines is 1. The second-order valence-corrected chi connectivity index (χ2v) is 8.75. The Morgan fingerprint density at radius 1 is 1.18 bits per heavy atom. The van der Waals surface area contributed by atoms with Gasteiger partial charge in [-0.3, -0.25) is 5.41 Å². The van der Waals surface area contributed by atoms with Crippen LogP contribution in [0.25, 0.3) is 0 Å². The van der Waals surface area contributed by atoms with Crippen LogP contribution in [-0.4, -0.2) is 49.9 Å². The second kappa shape index (κ2) is 9.68. The predicted molar refractivity (Wildman–Crippen MR) is 112 cm³/mol. The van der Waals surface area contributed by atoms with Crippen LogP contribution < -0.4 is 11.1 Å². The first kappa shape index (κ1) is 21.9. The molecule has 0 fully saturated rings. The van der Waals surface area contributed by atoms with Crippen molar-refractivity contribution in [3.63, 3.8) is 0 Å². The van der Waals surface area contributed by atoms with Crippen molar-refractivity contribution in [2.24, 2.45) is 5.73 Å². The van der Waals surface area contributed by atoms with Crippen LogP contribution in [0.15, 0.2) is 53.4 Å². The average Bonchev–Trinajstić information content (AvgIpc) is 2.67. The predicted octanol–water partition coefficient (Wildman–Crippen LogP) is 2.02.